The predicted octanol–water partition coefficient (Wildman–Crippen LogP) is 4.36. The van der Waals surface area contributed by atoms with Gasteiger partial charge in [0.15, 0.2) is 4.80 Å². The zero-order valence-electron chi connectivity index (χ0n) is 19.5. The molecule has 3 aromatic rings. The topological polar surface area (TPSA) is 96.2 Å². The van der Waals surface area contributed by atoms with E-state index >= 15 is 0 Å². The van der Waals surface area contributed by atoms with Gasteiger partial charge in [0.1, 0.15) is 12.3 Å². The molecule has 0 saturated heterocycles. The van der Waals surface area contributed by atoms with E-state index < -0.39 is 17.8 Å². The third-order valence-electron chi connectivity index (χ3n) is 4.83. The standard InChI is InChI=1S/C25H28N2O6S/c1-4-7-13-33-19-10-8-9-17(14-19)23(29)26-25-27(16-22(28)31-5-2)20-12-11-18(15-21(20)34-25)24(30)32-6-3/h8-12,14-15H,4-7,13,16H2,1-3H3. The minimum absolute atomic E-state index is 0.112. The summed E-state index contributed by atoms with van der Waals surface area (Å²) in [6.45, 7) is 6.51. The second-order valence-electron chi connectivity index (χ2n) is 7.33. The Morgan fingerprint density at radius 3 is 2.50 bits per heavy atom. The Labute approximate surface area is 201 Å². The molecular weight excluding hydrogens is 456 g/mol. The van der Waals surface area contributed by atoms with Crippen LogP contribution in [-0.2, 0) is 20.8 Å². The van der Waals surface area contributed by atoms with Crippen LogP contribution in [0.15, 0.2) is 47.5 Å². The lowest BCUT2D eigenvalue weighted by molar-refractivity contribution is -0.143. The summed E-state index contributed by atoms with van der Waals surface area (Å²) in [5, 5.41) is 0. The van der Waals surface area contributed by atoms with Crippen molar-refractivity contribution in [1.82, 2.24) is 4.57 Å². The molecule has 0 saturated carbocycles. The van der Waals surface area contributed by atoms with E-state index in [1.807, 2.05) is 0 Å². The van der Waals surface area contributed by atoms with Gasteiger partial charge in [-0.2, -0.15) is 4.99 Å². The number of amides is 1. The maximum Gasteiger partial charge on any atom is 0.338 e. The van der Waals surface area contributed by atoms with Crippen molar-refractivity contribution >= 4 is 39.4 Å². The fraction of sp³-hybridized carbons (Fsp3) is 0.360. The molecule has 8 nitrogen and oxygen atoms in total. The molecule has 0 aliphatic heterocycles. The molecular formula is C25H28N2O6S. The first-order valence-corrected chi connectivity index (χ1v) is 12.1. The molecule has 3 rings (SSSR count). The highest BCUT2D eigenvalue weighted by molar-refractivity contribution is 7.16. The number of thiazole rings is 1. The number of fused-ring (bicyclic) bond motifs is 1. The van der Waals surface area contributed by atoms with Gasteiger partial charge in [-0.3, -0.25) is 9.59 Å². The van der Waals surface area contributed by atoms with Crippen molar-refractivity contribution in [1.29, 1.82) is 0 Å². The zero-order chi connectivity index (χ0) is 24.5. The number of esters is 2. The number of carbonyl (C=O) groups is 3. The van der Waals surface area contributed by atoms with E-state index in [1.54, 1.807) is 60.9 Å². The molecule has 0 N–H and O–H groups in total. The van der Waals surface area contributed by atoms with Crippen LogP contribution in [0.3, 0.4) is 0 Å². The molecule has 9 heteroatoms. The Balaban J connectivity index is 2.01. The molecule has 0 fully saturated rings. The molecule has 1 aromatic heterocycles. The molecule has 0 unspecified atom stereocenters. The first-order chi connectivity index (χ1) is 16.5. The van der Waals surface area contributed by atoms with Gasteiger partial charge in [-0.05, 0) is 56.7 Å². The van der Waals surface area contributed by atoms with Crippen LogP contribution in [0.2, 0.25) is 0 Å². The molecule has 1 heterocycles. The maximum absolute atomic E-state index is 13.0. The minimum Gasteiger partial charge on any atom is -0.494 e. The highest BCUT2D eigenvalue weighted by Gasteiger charge is 2.16. The van der Waals surface area contributed by atoms with Gasteiger partial charge in [0.05, 0.1) is 35.6 Å². The highest BCUT2D eigenvalue weighted by Crippen LogP contribution is 2.21. The van der Waals surface area contributed by atoms with Gasteiger partial charge >= 0.3 is 11.9 Å². The van der Waals surface area contributed by atoms with Crippen molar-refractivity contribution in [3.05, 3.63) is 58.4 Å². The summed E-state index contributed by atoms with van der Waals surface area (Å²) in [7, 11) is 0. The van der Waals surface area contributed by atoms with E-state index in [-0.39, 0.29) is 19.8 Å². The van der Waals surface area contributed by atoms with Crippen LogP contribution in [0.5, 0.6) is 5.75 Å². The van der Waals surface area contributed by atoms with Crippen molar-refractivity contribution in [3.63, 3.8) is 0 Å². The van der Waals surface area contributed by atoms with Crippen LogP contribution in [0.4, 0.5) is 0 Å². The third kappa shape index (κ3) is 6.32. The molecule has 2 aromatic carbocycles. The molecule has 0 atom stereocenters. The smallest absolute Gasteiger partial charge is 0.338 e. The van der Waals surface area contributed by atoms with E-state index in [9.17, 15) is 14.4 Å². The molecule has 1 amide bonds. The second kappa shape index (κ2) is 12.1. The summed E-state index contributed by atoms with van der Waals surface area (Å²) < 4.78 is 18.2. The first-order valence-electron chi connectivity index (χ1n) is 11.2. The molecule has 0 radical (unpaired) electrons. The van der Waals surface area contributed by atoms with E-state index in [0.29, 0.717) is 38.5 Å². The van der Waals surface area contributed by atoms with Crippen molar-refractivity contribution in [2.75, 3.05) is 19.8 Å². The fourth-order valence-electron chi connectivity index (χ4n) is 3.19. The third-order valence-corrected chi connectivity index (χ3v) is 5.87. The number of rotatable bonds is 10. The lowest BCUT2D eigenvalue weighted by Crippen LogP contribution is -2.23. The molecule has 0 aliphatic carbocycles. The van der Waals surface area contributed by atoms with E-state index in [0.717, 1.165) is 12.8 Å². The number of hydrogen-bond acceptors (Lipinski definition) is 7. The molecule has 0 spiro atoms. The number of nitrogens with zero attached hydrogens (tertiary/aromatic N) is 2. The van der Waals surface area contributed by atoms with Gasteiger partial charge < -0.3 is 18.8 Å². The minimum atomic E-state index is -0.462. The van der Waals surface area contributed by atoms with Gasteiger partial charge in [-0.25, -0.2) is 4.79 Å². The number of carbonyl (C=O) groups excluding carboxylic acids is 3. The Morgan fingerprint density at radius 1 is 0.971 bits per heavy atom. The number of ether oxygens (including phenoxy) is 3. The summed E-state index contributed by atoms with van der Waals surface area (Å²) in [6, 6.07) is 11.9. The summed E-state index contributed by atoms with van der Waals surface area (Å²) in [5.74, 6) is -0.749. The summed E-state index contributed by atoms with van der Waals surface area (Å²) >= 11 is 1.21. The average Bonchev–Trinajstić information content (AvgIpc) is 3.15. The van der Waals surface area contributed by atoms with E-state index in [4.69, 9.17) is 14.2 Å². The normalized spacial score (nSPS) is 11.4. The molecule has 0 aliphatic rings. The molecule has 34 heavy (non-hydrogen) atoms. The summed E-state index contributed by atoms with van der Waals surface area (Å²) in [5.41, 5.74) is 1.42. The van der Waals surface area contributed by atoms with Crippen LogP contribution < -0.4 is 9.54 Å². The Morgan fingerprint density at radius 2 is 1.76 bits per heavy atom. The van der Waals surface area contributed by atoms with Crippen molar-refractivity contribution in [3.8, 4) is 5.75 Å². The summed E-state index contributed by atoms with van der Waals surface area (Å²) in [4.78, 5) is 42.0. The van der Waals surface area contributed by atoms with Crippen molar-refractivity contribution in [2.45, 2.75) is 40.2 Å². The predicted molar refractivity (Wildman–Crippen MR) is 129 cm³/mol. The zero-order valence-corrected chi connectivity index (χ0v) is 20.4. The fourth-order valence-corrected chi connectivity index (χ4v) is 4.26. The van der Waals surface area contributed by atoms with Crippen LogP contribution in [0.25, 0.3) is 10.2 Å². The average molecular weight is 485 g/mol. The first kappa shape index (κ1) is 25.2. The lowest BCUT2D eigenvalue weighted by atomic mass is 10.2. The molecule has 0 bridgehead atoms. The van der Waals surface area contributed by atoms with Crippen molar-refractivity contribution in [2.24, 2.45) is 4.99 Å². The lowest BCUT2D eigenvalue weighted by Gasteiger charge is -2.07. The number of hydrogen-bond donors (Lipinski definition) is 0. The SMILES string of the molecule is CCCCOc1cccc(C(=O)N=c2sc3cc(C(=O)OCC)ccc3n2CC(=O)OCC)c1. The number of benzene rings is 2. The maximum atomic E-state index is 13.0. The Kier molecular flexibility index (Phi) is 8.98. The van der Waals surface area contributed by atoms with Crippen LogP contribution in [-0.4, -0.2) is 42.2 Å². The van der Waals surface area contributed by atoms with Gasteiger partial charge in [-0.1, -0.05) is 30.7 Å². The Hall–Kier alpha value is -3.46. The highest BCUT2D eigenvalue weighted by atomic mass is 32.1. The van der Waals surface area contributed by atoms with Crippen molar-refractivity contribution < 1.29 is 28.6 Å². The summed E-state index contributed by atoms with van der Waals surface area (Å²) in [6.07, 6.45) is 1.93. The monoisotopic (exact) mass is 484 g/mol. The van der Waals surface area contributed by atoms with Crippen LogP contribution >= 0.6 is 11.3 Å². The van der Waals surface area contributed by atoms with Gasteiger partial charge in [-0.15, -0.1) is 0 Å². The van der Waals surface area contributed by atoms with Gasteiger partial charge in [0, 0.05) is 5.56 Å². The Bertz CT molecular complexity index is 1240. The number of aromatic nitrogens is 1. The van der Waals surface area contributed by atoms with Crippen LogP contribution in [0.1, 0.15) is 54.3 Å². The van der Waals surface area contributed by atoms with Gasteiger partial charge in [0.2, 0.25) is 0 Å². The molecule has 180 valence electrons. The largest absolute Gasteiger partial charge is 0.494 e. The van der Waals surface area contributed by atoms with E-state index in [1.165, 1.54) is 11.3 Å². The van der Waals surface area contributed by atoms with Gasteiger partial charge in [0.25, 0.3) is 5.91 Å². The van der Waals surface area contributed by atoms with E-state index in [2.05, 4.69) is 11.9 Å². The number of unbranched alkanes of at least 4 members (excludes halogenated alkanes) is 1. The second-order valence-corrected chi connectivity index (χ2v) is 8.33. The quantitative estimate of drug-likeness (QED) is 0.313. The van der Waals surface area contributed by atoms with Crippen LogP contribution in [0, 0.1) is 0 Å².